The highest BCUT2D eigenvalue weighted by molar-refractivity contribution is 5.99. The van der Waals surface area contributed by atoms with E-state index in [2.05, 4.69) is 266 Å². The van der Waals surface area contributed by atoms with Gasteiger partial charge < -0.3 is 0 Å². The summed E-state index contributed by atoms with van der Waals surface area (Å²) in [7, 11) is 0. The van der Waals surface area contributed by atoms with Crippen LogP contribution in [0.15, 0.2) is 236 Å². The van der Waals surface area contributed by atoms with E-state index in [1.165, 1.54) is 117 Å². The Morgan fingerprint density at radius 2 is 0.943 bits per heavy atom. The first-order valence-corrected chi connectivity index (χ1v) is 25.4. The fourth-order valence-electron chi connectivity index (χ4n) is 13.6. The van der Waals surface area contributed by atoms with Crippen LogP contribution in [0.3, 0.4) is 0 Å². The quantitative estimate of drug-likeness (QED) is 0.156. The second kappa shape index (κ2) is 15.7. The van der Waals surface area contributed by atoms with Crippen LogP contribution in [0.1, 0.15) is 97.5 Å². The van der Waals surface area contributed by atoms with Crippen molar-refractivity contribution < 1.29 is 0 Å². The molecule has 5 aliphatic rings. The van der Waals surface area contributed by atoms with E-state index < -0.39 is 5.41 Å². The van der Waals surface area contributed by atoms with Crippen molar-refractivity contribution >= 4 is 22.3 Å². The molecular formula is C70H58. The Bertz CT molecular complexity index is 3530. The molecule has 70 heavy (non-hydrogen) atoms. The Kier molecular flexibility index (Phi) is 9.57. The van der Waals surface area contributed by atoms with Gasteiger partial charge in [0.2, 0.25) is 0 Å². The van der Waals surface area contributed by atoms with Crippen LogP contribution >= 0.6 is 0 Å². The van der Waals surface area contributed by atoms with Gasteiger partial charge in [0.15, 0.2) is 0 Å². The van der Waals surface area contributed by atoms with Crippen molar-refractivity contribution in [1.29, 1.82) is 0 Å². The lowest BCUT2D eigenvalue weighted by Gasteiger charge is -2.49. The average Bonchev–Trinajstić information content (AvgIpc) is 3.75. The molecule has 0 amide bonds. The van der Waals surface area contributed by atoms with Crippen molar-refractivity contribution in [1.82, 2.24) is 0 Å². The second-order valence-electron chi connectivity index (χ2n) is 21.8. The van der Waals surface area contributed by atoms with Crippen LogP contribution in [0.2, 0.25) is 0 Å². The van der Waals surface area contributed by atoms with E-state index in [1.807, 2.05) is 0 Å². The molecule has 4 unspecified atom stereocenters. The van der Waals surface area contributed by atoms with Gasteiger partial charge in [0.25, 0.3) is 0 Å². The Hall–Kier alpha value is -7.54. The largest absolute Gasteiger partial charge is 0.0685 e. The van der Waals surface area contributed by atoms with Crippen LogP contribution in [0, 0.1) is 17.3 Å². The van der Waals surface area contributed by atoms with Gasteiger partial charge in [-0.1, -0.05) is 248 Å². The van der Waals surface area contributed by atoms with E-state index in [1.54, 1.807) is 0 Å². The number of allylic oxidation sites excluding steroid dienone is 10. The molecule has 0 N–H and O–H groups in total. The first-order chi connectivity index (χ1) is 34.0. The summed E-state index contributed by atoms with van der Waals surface area (Å²) in [6, 6.07) is 75.5. The molecular weight excluding hydrogens is 841 g/mol. The topological polar surface area (TPSA) is 0 Å². The molecule has 5 aliphatic carbocycles. The number of rotatable bonds is 6. The molecule has 338 valence electrons. The van der Waals surface area contributed by atoms with E-state index in [-0.39, 0.29) is 28.6 Å². The molecule has 0 spiro atoms. The smallest absolute Gasteiger partial charge is 0.0225 e. The molecule has 0 aliphatic heterocycles. The maximum absolute atomic E-state index is 2.74. The summed E-state index contributed by atoms with van der Waals surface area (Å²) in [6.07, 6.45) is 10.6. The highest BCUT2D eigenvalue weighted by Crippen LogP contribution is 2.66. The Labute approximate surface area is 414 Å². The normalized spacial score (nSPS) is 22.0. The van der Waals surface area contributed by atoms with Crippen molar-refractivity contribution in [2.24, 2.45) is 17.3 Å². The summed E-state index contributed by atoms with van der Waals surface area (Å²) in [5, 5.41) is 0. The van der Waals surface area contributed by atoms with Gasteiger partial charge in [0, 0.05) is 28.1 Å². The molecule has 0 fully saturated rings. The summed E-state index contributed by atoms with van der Waals surface area (Å²) in [4.78, 5) is 0. The summed E-state index contributed by atoms with van der Waals surface area (Å²) in [6.45, 7) is 14.9. The minimum Gasteiger partial charge on any atom is -0.0685 e. The van der Waals surface area contributed by atoms with Gasteiger partial charge in [-0.25, -0.2) is 0 Å². The molecule has 8 aromatic carbocycles. The zero-order valence-corrected chi connectivity index (χ0v) is 41.1. The van der Waals surface area contributed by atoms with Gasteiger partial charge >= 0.3 is 0 Å². The molecule has 0 radical (unpaired) electrons. The number of hydrogen-bond acceptors (Lipinski definition) is 0. The van der Waals surface area contributed by atoms with Crippen molar-refractivity contribution in [2.45, 2.75) is 58.3 Å². The summed E-state index contributed by atoms with van der Waals surface area (Å²) >= 11 is 0. The molecule has 4 atom stereocenters. The molecule has 0 saturated heterocycles. The van der Waals surface area contributed by atoms with Crippen molar-refractivity contribution in [2.75, 3.05) is 0 Å². The number of fused-ring (bicyclic) bond motifs is 8. The zero-order valence-electron chi connectivity index (χ0n) is 41.1. The van der Waals surface area contributed by atoms with E-state index in [4.69, 9.17) is 0 Å². The average molecular weight is 899 g/mol. The minimum absolute atomic E-state index is 0.0182. The fraction of sp³-hybridized carbons (Fsp3) is 0.171. The monoisotopic (exact) mass is 898 g/mol. The molecule has 0 aromatic heterocycles. The molecule has 0 saturated carbocycles. The standard InChI is InChI=1S/C70H58/c1-44-55(48-29-17-10-18-30-48)38-51(47-27-15-9-16-28-47)39-56(44)66-58-41-63-57(53-31-19-21-33-61(53)68(63,2)3)40-59(58)67(70(6)43-60-54-32-20-22-34-62(54)69(4,5)64(60)42-65(66)70)52-36-49(45-23-11-7-12-24-45)35-50(37-52)46-25-13-8-14-26-46/h7-44,56,67H,1-6H3. The third-order valence-corrected chi connectivity index (χ3v) is 17.2. The lowest BCUT2D eigenvalue weighted by molar-refractivity contribution is 0.440. The Morgan fingerprint density at radius 1 is 0.414 bits per heavy atom. The van der Waals surface area contributed by atoms with Gasteiger partial charge in [-0.2, -0.15) is 0 Å². The van der Waals surface area contributed by atoms with Gasteiger partial charge in [-0.05, 0) is 141 Å². The van der Waals surface area contributed by atoms with Crippen LogP contribution in [-0.2, 0) is 10.8 Å². The summed E-state index contributed by atoms with van der Waals surface area (Å²) in [5.74, 6) is 0.243. The van der Waals surface area contributed by atoms with Gasteiger partial charge in [-0.15, -0.1) is 0 Å². The predicted molar refractivity (Wildman–Crippen MR) is 295 cm³/mol. The summed E-state index contributed by atoms with van der Waals surface area (Å²) < 4.78 is 0. The second-order valence-corrected chi connectivity index (χ2v) is 21.8. The summed E-state index contributed by atoms with van der Waals surface area (Å²) in [5.41, 5.74) is 27.5. The van der Waals surface area contributed by atoms with Gasteiger partial charge in [-0.3, -0.25) is 0 Å². The van der Waals surface area contributed by atoms with Gasteiger partial charge in [0.05, 0.1) is 0 Å². The first-order valence-electron chi connectivity index (χ1n) is 25.4. The van der Waals surface area contributed by atoms with E-state index in [0.29, 0.717) is 0 Å². The lowest BCUT2D eigenvalue weighted by Crippen LogP contribution is -2.36. The van der Waals surface area contributed by atoms with E-state index >= 15 is 0 Å². The maximum atomic E-state index is 2.74. The van der Waals surface area contributed by atoms with Gasteiger partial charge in [0.1, 0.15) is 0 Å². The predicted octanol–water partition coefficient (Wildman–Crippen LogP) is 18.0. The zero-order chi connectivity index (χ0) is 47.5. The van der Waals surface area contributed by atoms with Crippen LogP contribution in [0.4, 0.5) is 0 Å². The molecule has 0 bridgehead atoms. The number of benzene rings is 8. The van der Waals surface area contributed by atoms with E-state index in [9.17, 15) is 0 Å². The first kappa shape index (κ1) is 42.6. The van der Waals surface area contributed by atoms with Crippen LogP contribution in [0.5, 0.6) is 0 Å². The Morgan fingerprint density at radius 3 is 1.56 bits per heavy atom. The van der Waals surface area contributed by atoms with Crippen LogP contribution < -0.4 is 0 Å². The third-order valence-electron chi connectivity index (χ3n) is 17.2. The molecule has 8 aromatic rings. The van der Waals surface area contributed by atoms with Crippen molar-refractivity contribution in [3.63, 3.8) is 0 Å². The molecule has 0 heteroatoms. The maximum Gasteiger partial charge on any atom is 0.0225 e. The van der Waals surface area contributed by atoms with Crippen LogP contribution in [0.25, 0.3) is 55.7 Å². The molecule has 0 nitrogen and oxygen atoms in total. The highest BCUT2D eigenvalue weighted by atomic mass is 14.5. The third kappa shape index (κ3) is 6.35. The van der Waals surface area contributed by atoms with Crippen molar-refractivity contribution in [3.8, 4) is 33.4 Å². The highest BCUT2D eigenvalue weighted by Gasteiger charge is 2.52. The molecule has 13 rings (SSSR count). The van der Waals surface area contributed by atoms with Crippen molar-refractivity contribution in [3.05, 3.63) is 286 Å². The Balaban J connectivity index is 1.17. The van der Waals surface area contributed by atoms with Crippen LogP contribution in [-0.4, -0.2) is 0 Å². The minimum atomic E-state index is -0.450. The number of hydrogen-bond donors (Lipinski definition) is 0. The lowest BCUT2D eigenvalue weighted by atomic mass is 9.54. The molecule has 0 heterocycles. The van der Waals surface area contributed by atoms with E-state index in [0.717, 1.165) is 0 Å². The fourth-order valence-corrected chi connectivity index (χ4v) is 13.6. The SMILES string of the molecule is CC1C(c2ccccc2)=CC(c2ccccc2)=CC1C1=C2C=C3C(=CC2(C)C(c2cc(-c4ccccc4)cc(-c4ccccc4)c2)c2cc4c(cc21)C(C)(C)c1ccccc1-4)c1ccccc1C3(C)C.